The van der Waals surface area contributed by atoms with Crippen LogP contribution in [0.15, 0.2) is 34.9 Å². The Morgan fingerprint density at radius 3 is 2.35 bits per heavy atom. The molecule has 0 aliphatic carbocycles. The van der Waals surface area contributed by atoms with Crippen LogP contribution in [0, 0.1) is 5.82 Å². The molecule has 43 heavy (non-hydrogen) atoms. The summed E-state index contributed by atoms with van der Waals surface area (Å²) in [4.78, 5) is 36.1. The first kappa shape index (κ1) is 30.4. The Balaban J connectivity index is 0.000000319. The van der Waals surface area contributed by atoms with Crippen molar-refractivity contribution in [1.82, 2.24) is 10.1 Å². The summed E-state index contributed by atoms with van der Waals surface area (Å²) in [5.41, 5.74) is 5.15. The average molecular weight is 600 g/mol. The Morgan fingerprint density at radius 1 is 1.00 bits per heavy atom. The van der Waals surface area contributed by atoms with Crippen molar-refractivity contribution < 1.29 is 48.5 Å². The lowest BCUT2D eigenvalue weighted by Crippen LogP contribution is -2.39. The number of carbonyl (C=O) groups is 3. The molecule has 0 spiro atoms. The largest absolute Gasteiger partial charge is 0.494 e. The molecule has 4 N–H and O–H groups in total. The molecule has 1 saturated heterocycles. The minimum atomic E-state index is -2.27. The van der Waals surface area contributed by atoms with Crippen LogP contribution >= 0.6 is 0 Å². The lowest BCUT2D eigenvalue weighted by molar-refractivity contribution is -0.165. The van der Waals surface area contributed by atoms with Gasteiger partial charge < -0.3 is 39.5 Å². The van der Waals surface area contributed by atoms with E-state index in [1.807, 2.05) is 4.90 Å². The van der Waals surface area contributed by atoms with E-state index in [0.717, 1.165) is 80.8 Å². The molecule has 1 fully saturated rings. The SMILES string of the molecule is O=C(O)C(O)C(O)C(=O)O.O=C1CCc2cc(OCCCN3CCC(c4noc5cc(F)ccc45)CC3)cc3c2N1CC3. The minimum Gasteiger partial charge on any atom is -0.494 e. The Bertz CT molecular complexity index is 1480. The molecule has 3 aromatic rings. The van der Waals surface area contributed by atoms with Crippen LogP contribution < -0.4 is 9.64 Å². The van der Waals surface area contributed by atoms with E-state index < -0.39 is 24.1 Å². The number of nitrogens with zero attached hydrogens (tertiary/aromatic N) is 3. The van der Waals surface area contributed by atoms with Crippen molar-refractivity contribution in [3.05, 3.63) is 53.0 Å². The molecule has 1 amide bonds. The van der Waals surface area contributed by atoms with Gasteiger partial charge in [-0.1, -0.05) is 5.16 Å². The van der Waals surface area contributed by atoms with Crippen LogP contribution in [-0.2, 0) is 27.2 Å². The number of anilines is 1. The third-order valence-corrected chi connectivity index (χ3v) is 8.15. The summed E-state index contributed by atoms with van der Waals surface area (Å²) < 4.78 is 24.9. The first-order valence-corrected chi connectivity index (χ1v) is 14.3. The number of carboxylic acid groups (broad SMARTS) is 2. The number of likely N-dealkylation sites (tertiary alicyclic amines) is 1. The number of hydrogen-bond donors (Lipinski definition) is 4. The fourth-order valence-electron chi connectivity index (χ4n) is 5.91. The Labute approximate surface area is 246 Å². The number of hydrogen-bond acceptors (Lipinski definition) is 9. The van der Waals surface area contributed by atoms with E-state index in [4.69, 9.17) is 29.7 Å². The number of carboxylic acids is 2. The average Bonchev–Trinajstić information content (AvgIpc) is 3.62. The molecule has 3 aliphatic heterocycles. The monoisotopic (exact) mass is 599 g/mol. The van der Waals surface area contributed by atoms with Gasteiger partial charge in [0.15, 0.2) is 17.8 Å². The summed E-state index contributed by atoms with van der Waals surface area (Å²) in [6.45, 7) is 4.56. The number of benzene rings is 2. The first-order chi connectivity index (χ1) is 20.6. The lowest BCUT2D eigenvalue weighted by Gasteiger charge is -2.31. The predicted molar refractivity (Wildman–Crippen MR) is 151 cm³/mol. The quantitative estimate of drug-likeness (QED) is 0.266. The van der Waals surface area contributed by atoms with Crippen molar-refractivity contribution in [2.45, 2.75) is 56.7 Å². The number of aliphatic hydroxyl groups excluding tert-OH is 2. The molecule has 2 atom stereocenters. The van der Waals surface area contributed by atoms with Crippen LogP contribution in [-0.4, -0.2) is 93.3 Å². The number of piperidine rings is 1. The van der Waals surface area contributed by atoms with Crippen molar-refractivity contribution in [2.75, 3.05) is 37.7 Å². The number of ether oxygens (including phenoxy) is 1. The van der Waals surface area contributed by atoms with Gasteiger partial charge in [0.05, 0.1) is 18.0 Å². The van der Waals surface area contributed by atoms with Crippen LogP contribution in [0.25, 0.3) is 11.0 Å². The van der Waals surface area contributed by atoms with Crippen LogP contribution in [0.5, 0.6) is 5.75 Å². The van der Waals surface area contributed by atoms with Gasteiger partial charge in [0.2, 0.25) is 5.91 Å². The molecule has 2 unspecified atom stereocenters. The van der Waals surface area contributed by atoms with Crippen LogP contribution in [0.2, 0.25) is 0 Å². The fourth-order valence-corrected chi connectivity index (χ4v) is 5.91. The second-order valence-electron chi connectivity index (χ2n) is 11.0. The summed E-state index contributed by atoms with van der Waals surface area (Å²) in [6, 6.07) is 8.92. The topological polar surface area (TPSA) is 174 Å². The molecule has 4 heterocycles. The van der Waals surface area contributed by atoms with E-state index in [1.165, 1.54) is 23.3 Å². The van der Waals surface area contributed by atoms with E-state index in [9.17, 15) is 18.8 Å². The number of fused-ring (bicyclic) bond motifs is 1. The smallest absolute Gasteiger partial charge is 0.335 e. The van der Waals surface area contributed by atoms with Crippen LogP contribution in [0.4, 0.5) is 10.1 Å². The molecule has 6 rings (SSSR count). The second-order valence-corrected chi connectivity index (χ2v) is 11.0. The van der Waals surface area contributed by atoms with Crippen LogP contribution in [0.3, 0.4) is 0 Å². The third-order valence-electron chi connectivity index (χ3n) is 8.15. The van der Waals surface area contributed by atoms with Gasteiger partial charge in [-0.05, 0) is 80.6 Å². The highest BCUT2D eigenvalue weighted by atomic mass is 19.1. The van der Waals surface area contributed by atoms with Gasteiger partial charge in [0.25, 0.3) is 0 Å². The number of aliphatic carboxylic acids is 2. The van der Waals surface area contributed by atoms with Crippen molar-refractivity contribution in [1.29, 1.82) is 0 Å². The minimum absolute atomic E-state index is 0.254. The Hall–Kier alpha value is -4.07. The van der Waals surface area contributed by atoms with Crippen molar-refractivity contribution in [2.24, 2.45) is 0 Å². The zero-order chi connectivity index (χ0) is 30.7. The highest BCUT2D eigenvalue weighted by Gasteiger charge is 2.32. The Kier molecular flexibility index (Phi) is 9.23. The maximum Gasteiger partial charge on any atom is 0.335 e. The van der Waals surface area contributed by atoms with Gasteiger partial charge >= 0.3 is 11.9 Å². The molecule has 230 valence electrons. The number of aryl methyl sites for hydroxylation is 1. The van der Waals surface area contributed by atoms with Gasteiger partial charge in [-0.3, -0.25) is 4.79 Å². The Morgan fingerprint density at radius 2 is 1.67 bits per heavy atom. The maximum atomic E-state index is 13.4. The van der Waals surface area contributed by atoms with Crippen molar-refractivity contribution >= 4 is 34.5 Å². The number of amides is 1. The maximum absolute atomic E-state index is 13.4. The molecule has 2 aromatic carbocycles. The highest BCUT2D eigenvalue weighted by molar-refractivity contribution is 5.98. The van der Waals surface area contributed by atoms with Gasteiger partial charge in [-0.2, -0.15) is 0 Å². The second kappa shape index (κ2) is 13.1. The van der Waals surface area contributed by atoms with Gasteiger partial charge in [-0.15, -0.1) is 0 Å². The van der Waals surface area contributed by atoms with Gasteiger partial charge in [0, 0.05) is 36.9 Å². The predicted octanol–water partition coefficient (Wildman–Crippen LogP) is 2.33. The molecule has 12 nitrogen and oxygen atoms in total. The number of carbonyl (C=O) groups excluding carboxylic acids is 1. The zero-order valence-corrected chi connectivity index (χ0v) is 23.4. The summed E-state index contributed by atoms with van der Waals surface area (Å²) >= 11 is 0. The molecule has 0 bridgehead atoms. The number of aliphatic hydroxyl groups is 2. The zero-order valence-electron chi connectivity index (χ0n) is 23.4. The number of aromatic nitrogens is 1. The van der Waals surface area contributed by atoms with Crippen LogP contribution in [0.1, 0.15) is 48.4 Å². The summed E-state index contributed by atoms with van der Waals surface area (Å²) in [6.07, 6.45) is 0.859. The van der Waals surface area contributed by atoms with E-state index in [2.05, 4.69) is 22.2 Å². The van der Waals surface area contributed by atoms with E-state index in [1.54, 1.807) is 6.07 Å². The standard InChI is InChI=1S/C26H28FN3O3.C4H6O6/c27-20-3-4-22-23(16-20)33-28-25(22)17-6-10-29(11-7-17)9-1-13-32-21-14-18-2-5-24(31)30-12-8-19(15-21)26(18)30;5-1(3(7)8)2(6)4(9)10/h3-4,14-17H,1-2,5-13H2;1-2,5-6H,(H,7,8)(H,9,10). The normalized spacial score (nSPS) is 18.1. The fraction of sp³-hybridized carbons (Fsp3) is 0.467. The van der Waals surface area contributed by atoms with E-state index in [-0.39, 0.29) is 11.7 Å². The molecule has 1 aromatic heterocycles. The van der Waals surface area contributed by atoms with Crippen molar-refractivity contribution in [3.63, 3.8) is 0 Å². The number of halogens is 1. The molecule has 13 heteroatoms. The first-order valence-electron chi connectivity index (χ1n) is 14.3. The molecule has 3 aliphatic rings. The van der Waals surface area contributed by atoms with E-state index in [0.29, 0.717) is 24.5 Å². The number of rotatable bonds is 9. The summed E-state index contributed by atoms with van der Waals surface area (Å²) in [5, 5.41) is 37.7. The van der Waals surface area contributed by atoms with Crippen molar-refractivity contribution in [3.8, 4) is 5.75 Å². The molecular weight excluding hydrogens is 565 g/mol. The van der Waals surface area contributed by atoms with Gasteiger partial charge in [0.1, 0.15) is 11.6 Å². The molecular formula is C30H34FN3O9. The van der Waals surface area contributed by atoms with Gasteiger partial charge in [-0.25, -0.2) is 14.0 Å². The lowest BCUT2D eigenvalue weighted by atomic mass is 9.91. The third kappa shape index (κ3) is 6.79. The molecule has 0 radical (unpaired) electrons. The molecule has 0 saturated carbocycles. The van der Waals surface area contributed by atoms with E-state index >= 15 is 0 Å². The summed E-state index contributed by atoms with van der Waals surface area (Å²) in [7, 11) is 0. The highest BCUT2D eigenvalue weighted by Crippen LogP contribution is 2.39. The summed E-state index contributed by atoms with van der Waals surface area (Å²) in [5.74, 6) is -2.28.